The Labute approximate surface area is 212 Å². The number of hydrogen-bond acceptors (Lipinski definition) is 3. The first kappa shape index (κ1) is 31.0. The summed E-state index contributed by atoms with van der Waals surface area (Å²) in [7, 11) is 0. The van der Waals surface area contributed by atoms with Gasteiger partial charge in [0.05, 0.1) is 13.2 Å². The normalized spacial score (nSPS) is 12.2. The Balaban J connectivity index is 3.24. The number of rotatable bonds is 18. The predicted octanol–water partition coefficient (Wildman–Crippen LogP) is 10.1. The molecule has 0 aromatic heterocycles. The van der Waals surface area contributed by atoms with E-state index in [1.54, 1.807) is 0 Å². The Hall–Kier alpha value is 1.01. The van der Waals surface area contributed by atoms with Gasteiger partial charge in [0.15, 0.2) is 7.59 Å². The summed E-state index contributed by atoms with van der Waals surface area (Å²) in [5.74, 6) is 0. The van der Waals surface area contributed by atoms with Gasteiger partial charge < -0.3 is 9.47 Å². The zero-order chi connectivity index (χ0) is 22.7. The Morgan fingerprint density at radius 3 is 1.03 bits per heavy atom. The number of ether oxygens (including phenoxy) is 2. The molecule has 0 fully saturated rings. The van der Waals surface area contributed by atoms with Crippen molar-refractivity contribution in [3.05, 3.63) is 0 Å². The lowest BCUT2D eigenvalue weighted by Gasteiger charge is -2.09. The first-order valence-corrected chi connectivity index (χ1v) is 13.3. The molecule has 0 saturated carbocycles. The van der Waals surface area contributed by atoms with Crippen LogP contribution in [0.5, 0.6) is 0 Å². The highest BCUT2D eigenvalue weighted by molar-refractivity contribution is 6.67. The molecule has 0 radical (unpaired) electrons. The number of halogens is 6. The second-order valence-corrected chi connectivity index (χ2v) is 12.7. The lowest BCUT2D eigenvalue weighted by Crippen LogP contribution is -2.09. The van der Waals surface area contributed by atoms with Crippen LogP contribution in [0.2, 0.25) is 0 Å². The van der Waals surface area contributed by atoms with E-state index in [9.17, 15) is 4.79 Å². The monoisotopic (exact) mass is 546 g/mol. The minimum Gasteiger partial charge on any atom is -0.434 e. The largest absolute Gasteiger partial charge is 0.508 e. The summed E-state index contributed by atoms with van der Waals surface area (Å²) in [6.45, 7) is 0.834. The number of carbonyl (C=O) groups is 1. The average molecular weight is 549 g/mol. The van der Waals surface area contributed by atoms with Crippen molar-refractivity contribution in [3.8, 4) is 0 Å². The van der Waals surface area contributed by atoms with Gasteiger partial charge in [0.2, 0.25) is 0 Å². The molecule has 0 N–H and O–H groups in total. The fourth-order valence-corrected chi connectivity index (χ4v) is 3.78. The summed E-state index contributed by atoms with van der Waals surface area (Å²) in [6, 6.07) is 0. The van der Waals surface area contributed by atoms with Crippen molar-refractivity contribution in [3.63, 3.8) is 0 Å². The van der Waals surface area contributed by atoms with E-state index in [-0.39, 0.29) is 0 Å². The molecule has 3 nitrogen and oxygen atoms in total. The highest BCUT2D eigenvalue weighted by Crippen LogP contribution is 2.32. The van der Waals surface area contributed by atoms with Crippen LogP contribution in [0, 0.1) is 0 Å². The molecule has 0 aromatic carbocycles. The summed E-state index contributed by atoms with van der Waals surface area (Å²) in [4.78, 5) is 11.5. The Bertz CT molecular complexity index is 375. The molecule has 0 aliphatic rings. The van der Waals surface area contributed by atoms with E-state index in [0.717, 1.165) is 89.9 Å². The first-order chi connectivity index (χ1) is 14.1. The number of unbranched alkanes of at least 4 members (excludes halogenated alkanes) is 12. The highest BCUT2D eigenvalue weighted by Gasteiger charge is 2.18. The van der Waals surface area contributed by atoms with E-state index in [1.165, 1.54) is 0 Å². The van der Waals surface area contributed by atoms with Crippen molar-refractivity contribution >= 4 is 75.8 Å². The smallest absolute Gasteiger partial charge is 0.434 e. The predicted molar refractivity (Wildman–Crippen MR) is 132 cm³/mol. The van der Waals surface area contributed by atoms with Crippen LogP contribution in [0.1, 0.15) is 103 Å². The SMILES string of the molecule is O=C(OCCCCCCCCCC(Cl)(Cl)Cl)OCCCCCCCCCC(Cl)(Cl)Cl. The third-order valence-corrected chi connectivity index (χ3v) is 5.78. The van der Waals surface area contributed by atoms with Crippen molar-refractivity contribution in [1.29, 1.82) is 0 Å². The van der Waals surface area contributed by atoms with Crippen molar-refractivity contribution in [2.75, 3.05) is 13.2 Å². The van der Waals surface area contributed by atoms with E-state index < -0.39 is 13.7 Å². The van der Waals surface area contributed by atoms with Crippen LogP contribution in [0.4, 0.5) is 4.79 Å². The molecule has 0 atom stereocenters. The summed E-state index contributed by atoms with van der Waals surface area (Å²) >= 11 is 34.3. The summed E-state index contributed by atoms with van der Waals surface area (Å²) in [6.07, 6.45) is 15.3. The molecule has 0 rings (SSSR count). The van der Waals surface area contributed by atoms with Gasteiger partial charge in [-0.3, -0.25) is 0 Å². The zero-order valence-electron chi connectivity index (χ0n) is 17.7. The molecular weight excluding hydrogens is 513 g/mol. The molecule has 30 heavy (non-hydrogen) atoms. The first-order valence-electron chi connectivity index (χ1n) is 11.0. The molecular formula is C21H36Cl6O3. The van der Waals surface area contributed by atoms with Gasteiger partial charge >= 0.3 is 6.16 Å². The van der Waals surface area contributed by atoms with Crippen molar-refractivity contribution in [2.45, 2.75) is 110 Å². The molecule has 0 heterocycles. The maximum absolute atomic E-state index is 11.5. The van der Waals surface area contributed by atoms with Crippen LogP contribution in [0.15, 0.2) is 0 Å². The van der Waals surface area contributed by atoms with Crippen molar-refractivity contribution in [2.24, 2.45) is 0 Å². The van der Waals surface area contributed by atoms with E-state index in [0.29, 0.717) is 26.1 Å². The van der Waals surface area contributed by atoms with Crippen LogP contribution >= 0.6 is 69.6 Å². The van der Waals surface area contributed by atoms with Gasteiger partial charge in [0.25, 0.3) is 0 Å². The zero-order valence-corrected chi connectivity index (χ0v) is 22.3. The molecule has 0 aromatic rings. The standard InChI is InChI=1S/C21H36Cl6O3/c22-20(23,24)15-11-7-3-1-5-9-13-17-29-19(28)30-18-14-10-6-2-4-8-12-16-21(25,26)27/h1-18H2. The van der Waals surface area contributed by atoms with E-state index in [2.05, 4.69) is 0 Å². The van der Waals surface area contributed by atoms with Gasteiger partial charge in [-0.25, -0.2) is 4.79 Å². The van der Waals surface area contributed by atoms with Crippen LogP contribution < -0.4 is 0 Å². The Morgan fingerprint density at radius 1 is 0.467 bits per heavy atom. The number of hydrogen-bond donors (Lipinski definition) is 0. The van der Waals surface area contributed by atoms with Crippen molar-refractivity contribution in [1.82, 2.24) is 0 Å². The molecule has 0 bridgehead atoms. The lowest BCUT2D eigenvalue weighted by atomic mass is 10.1. The third kappa shape index (κ3) is 27.0. The second-order valence-electron chi connectivity index (χ2n) is 7.63. The molecule has 0 spiro atoms. The van der Waals surface area contributed by atoms with Gasteiger partial charge in [-0.15, -0.1) is 0 Å². The van der Waals surface area contributed by atoms with E-state index in [1.807, 2.05) is 0 Å². The molecule has 0 aliphatic heterocycles. The van der Waals surface area contributed by atoms with Gasteiger partial charge in [-0.05, 0) is 38.5 Å². The number of carbonyl (C=O) groups excluding carboxylic acids is 1. The summed E-state index contributed by atoms with van der Waals surface area (Å²) < 4.78 is 7.92. The van der Waals surface area contributed by atoms with Gasteiger partial charge in [0, 0.05) is 0 Å². The average Bonchev–Trinajstić information content (AvgIpc) is 2.63. The van der Waals surface area contributed by atoms with Crippen LogP contribution in [0.25, 0.3) is 0 Å². The third-order valence-electron chi connectivity index (χ3n) is 4.65. The Kier molecular flexibility index (Phi) is 20.1. The molecule has 0 amide bonds. The summed E-state index contributed by atoms with van der Waals surface area (Å²) in [5.41, 5.74) is 0. The maximum atomic E-state index is 11.5. The molecule has 180 valence electrons. The lowest BCUT2D eigenvalue weighted by molar-refractivity contribution is 0.0529. The molecule has 0 aliphatic carbocycles. The number of alkyl halides is 6. The minimum atomic E-state index is -1.12. The van der Waals surface area contributed by atoms with Gasteiger partial charge in [-0.1, -0.05) is 134 Å². The minimum absolute atomic E-state index is 0.417. The summed E-state index contributed by atoms with van der Waals surface area (Å²) in [5, 5.41) is 0. The van der Waals surface area contributed by atoms with E-state index in [4.69, 9.17) is 79.1 Å². The second kappa shape index (κ2) is 19.5. The quantitative estimate of drug-likeness (QED) is 0.0970. The van der Waals surface area contributed by atoms with Gasteiger partial charge in [-0.2, -0.15) is 0 Å². The Morgan fingerprint density at radius 2 is 0.733 bits per heavy atom. The van der Waals surface area contributed by atoms with Crippen LogP contribution in [-0.4, -0.2) is 27.0 Å². The van der Waals surface area contributed by atoms with Gasteiger partial charge in [0.1, 0.15) is 0 Å². The maximum Gasteiger partial charge on any atom is 0.508 e. The van der Waals surface area contributed by atoms with Crippen LogP contribution in [-0.2, 0) is 9.47 Å². The van der Waals surface area contributed by atoms with E-state index >= 15 is 0 Å². The topological polar surface area (TPSA) is 35.5 Å². The van der Waals surface area contributed by atoms with Crippen LogP contribution in [0.3, 0.4) is 0 Å². The molecule has 9 heteroatoms. The fourth-order valence-electron chi connectivity index (χ4n) is 2.98. The molecule has 0 unspecified atom stereocenters. The molecule has 0 saturated heterocycles. The highest BCUT2D eigenvalue weighted by atomic mass is 35.6. The fraction of sp³-hybridized carbons (Fsp3) is 0.952. The van der Waals surface area contributed by atoms with Crippen molar-refractivity contribution < 1.29 is 14.3 Å².